The van der Waals surface area contributed by atoms with Gasteiger partial charge in [-0.1, -0.05) is 30.3 Å². The number of hydrogen-bond donors (Lipinski definition) is 2. The molecule has 2 N–H and O–H groups in total. The van der Waals surface area contributed by atoms with Crippen LogP contribution in [0.4, 0.5) is 0 Å². The third-order valence-corrected chi connectivity index (χ3v) is 3.79. The first-order valence-electron chi connectivity index (χ1n) is 6.71. The van der Waals surface area contributed by atoms with E-state index in [0.717, 1.165) is 5.92 Å². The van der Waals surface area contributed by atoms with Crippen LogP contribution >= 0.6 is 0 Å². The van der Waals surface area contributed by atoms with Gasteiger partial charge in [0.1, 0.15) is 0 Å². The van der Waals surface area contributed by atoms with Crippen molar-refractivity contribution in [3.8, 4) is 0 Å². The van der Waals surface area contributed by atoms with E-state index in [0.29, 0.717) is 6.04 Å². The van der Waals surface area contributed by atoms with E-state index in [4.69, 9.17) is 5.11 Å². The van der Waals surface area contributed by atoms with Crippen molar-refractivity contribution in [2.24, 2.45) is 0 Å². The van der Waals surface area contributed by atoms with E-state index in [1.165, 1.54) is 31.2 Å². The van der Waals surface area contributed by atoms with Gasteiger partial charge in [0.05, 0.1) is 6.61 Å². The fourth-order valence-electron chi connectivity index (χ4n) is 2.77. The van der Waals surface area contributed by atoms with Gasteiger partial charge in [-0.3, -0.25) is 0 Å². The lowest BCUT2D eigenvalue weighted by molar-refractivity contribution is 0.224. The van der Waals surface area contributed by atoms with Crippen LogP contribution in [0.5, 0.6) is 0 Å². The Morgan fingerprint density at radius 1 is 1.18 bits per heavy atom. The Morgan fingerprint density at radius 3 is 2.41 bits per heavy atom. The topological polar surface area (TPSA) is 32.3 Å². The van der Waals surface area contributed by atoms with Gasteiger partial charge in [-0.05, 0) is 44.1 Å². The highest BCUT2D eigenvalue weighted by molar-refractivity contribution is 5.20. The Hall–Kier alpha value is -0.860. The van der Waals surface area contributed by atoms with E-state index in [9.17, 15) is 0 Å². The summed E-state index contributed by atoms with van der Waals surface area (Å²) in [6.07, 6.45) is 4.98. The van der Waals surface area contributed by atoms with Gasteiger partial charge in [-0.15, -0.1) is 0 Å². The van der Waals surface area contributed by atoms with Crippen LogP contribution in [0.1, 0.15) is 44.1 Å². The van der Waals surface area contributed by atoms with Crippen LogP contribution < -0.4 is 5.32 Å². The molecule has 1 saturated carbocycles. The summed E-state index contributed by atoms with van der Waals surface area (Å²) in [7, 11) is 0. The van der Waals surface area contributed by atoms with Crippen molar-refractivity contribution in [2.45, 2.75) is 50.6 Å². The molecule has 0 amide bonds. The van der Waals surface area contributed by atoms with Crippen LogP contribution in [0.3, 0.4) is 0 Å². The number of hydrogen-bond acceptors (Lipinski definition) is 2. The third kappa shape index (κ3) is 3.55. The molecular weight excluding hydrogens is 210 g/mol. The molecule has 1 aliphatic rings. The summed E-state index contributed by atoms with van der Waals surface area (Å²) >= 11 is 0. The van der Waals surface area contributed by atoms with Crippen LogP contribution in [0.2, 0.25) is 0 Å². The fraction of sp³-hybridized carbons (Fsp3) is 0.600. The molecule has 1 aliphatic carbocycles. The molecule has 1 atom stereocenters. The van der Waals surface area contributed by atoms with E-state index in [1.807, 2.05) is 6.92 Å². The van der Waals surface area contributed by atoms with E-state index in [2.05, 4.69) is 35.6 Å². The molecule has 1 fully saturated rings. The Kier molecular flexibility index (Phi) is 4.57. The molecule has 0 spiro atoms. The molecule has 0 aliphatic heterocycles. The minimum atomic E-state index is 0.230. The predicted octanol–water partition coefficient (Wildman–Crippen LogP) is 2.68. The summed E-state index contributed by atoms with van der Waals surface area (Å²) in [4.78, 5) is 0. The molecule has 2 rings (SSSR count). The van der Waals surface area contributed by atoms with E-state index in [-0.39, 0.29) is 12.6 Å². The summed E-state index contributed by atoms with van der Waals surface area (Å²) < 4.78 is 0. The van der Waals surface area contributed by atoms with E-state index >= 15 is 0 Å². The van der Waals surface area contributed by atoms with Crippen LogP contribution in [0.15, 0.2) is 30.3 Å². The molecule has 1 aromatic carbocycles. The molecule has 1 unspecified atom stereocenters. The highest BCUT2D eigenvalue weighted by Gasteiger charge is 2.22. The first-order valence-corrected chi connectivity index (χ1v) is 6.71. The van der Waals surface area contributed by atoms with Crippen LogP contribution in [0.25, 0.3) is 0 Å². The number of aliphatic hydroxyl groups is 1. The zero-order valence-corrected chi connectivity index (χ0v) is 10.6. The summed E-state index contributed by atoms with van der Waals surface area (Å²) in [5.74, 6) is 0.735. The summed E-state index contributed by atoms with van der Waals surface area (Å²) in [6.45, 7) is 2.28. The van der Waals surface area contributed by atoms with E-state index in [1.54, 1.807) is 0 Å². The van der Waals surface area contributed by atoms with Crippen molar-refractivity contribution in [2.75, 3.05) is 6.61 Å². The zero-order chi connectivity index (χ0) is 12.1. The Morgan fingerprint density at radius 2 is 1.82 bits per heavy atom. The first kappa shape index (κ1) is 12.6. The highest BCUT2D eigenvalue weighted by Crippen LogP contribution is 2.32. The van der Waals surface area contributed by atoms with Gasteiger partial charge in [-0.25, -0.2) is 0 Å². The minimum Gasteiger partial charge on any atom is -0.395 e. The lowest BCUT2D eigenvalue weighted by Gasteiger charge is -2.31. The second-order valence-electron chi connectivity index (χ2n) is 5.21. The maximum atomic E-state index is 9.03. The highest BCUT2D eigenvalue weighted by atomic mass is 16.3. The second kappa shape index (κ2) is 6.18. The van der Waals surface area contributed by atoms with Crippen molar-refractivity contribution < 1.29 is 5.11 Å². The quantitative estimate of drug-likeness (QED) is 0.838. The maximum absolute atomic E-state index is 9.03. The molecule has 2 heteroatoms. The lowest BCUT2D eigenvalue weighted by Crippen LogP contribution is -2.40. The summed E-state index contributed by atoms with van der Waals surface area (Å²) in [6, 6.07) is 11.7. The first-order chi connectivity index (χ1) is 8.29. The lowest BCUT2D eigenvalue weighted by atomic mass is 9.81. The molecule has 0 saturated heterocycles. The van der Waals surface area contributed by atoms with Gasteiger partial charge in [0.25, 0.3) is 0 Å². The Balaban J connectivity index is 1.82. The van der Waals surface area contributed by atoms with Crippen LogP contribution in [0, 0.1) is 0 Å². The fourth-order valence-corrected chi connectivity index (χ4v) is 2.77. The van der Waals surface area contributed by atoms with Gasteiger partial charge < -0.3 is 10.4 Å². The van der Waals surface area contributed by atoms with Crippen molar-refractivity contribution in [3.63, 3.8) is 0 Å². The summed E-state index contributed by atoms with van der Waals surface area (Å²) in [5, 5.41) is 12.5. The third-order valence-electron chi connectivity index (χ3n) is 3.79. The monoisotopic (exact) mass is 233 g/mol. The Bertz CT molecular complexity index is 317. The van der Waals surface area contributed by atoms with Gasteiger partial charge in [-0.2, -0.15) is 0 Å². The predicted molar refractivity (Wildman–Crippen MR) is 71.1 cm³/mol. The number of aliphatic hydroxyl groups excluding tert-OH is 1. The second-order valence-corrected chi connectivity index (χ2v) is 5.21. The molecule has 17 heavy (non-hydrogen) atoms. The molecule has 0 heterocycles. The molecule has 94 valence electrons. The SMILES string of the molecule is CC(CO)NC1CCC(c2ccccc2)CC1. The van der Waals surface area contributed by atoms with E-state index < -0.39 is 0 Å². The molecular formula is C15H23NO. The largest absolute Gasteiger partial charge is 0.395 e. The van der Waals surface area contributed by atoms with Gasteiger partial charge in [0.2, 0.25) is 0 Å². The van der Waals surface area contributed by atoms with Gasteiger partial charge >= 0.3 is 0 Å². The minimum absolute atomic E-state index is 0.230. The molecule has 0 aromatic heterocycles. The maximum Gasteiger partial charge on any atom is 0.0582 e. The number of nitrogens with one attached hydrogen (secondary N) is 1. The van der Waals surface area contributed by atoms with Gasteiger partial charge in [0, 0.05) is 12.1 Å². The van der Waals surface area contributed by atoms with Crippen molar-refractivity contribution in [1.82, 2.24) is 5.32 Å². The number of benzene rings is 1. The standard InChI is InChI=1S/C15H23NO/c1-12(11-17)16-15-9-7-14(8-10-15)13-5-3-2-4-6-13/h2-6,12,14-17H,7-11H2,1H3. The Labute approximate surface area is 104 Å². The van der Waals surface area contributed by atoms with Crippen LogP contribution in [-0.4, -0.2) is 23.8 Å². The average molecular weight is 233 g/mol. The zero-order valence-electron chi connectivity index (χ0n) is 10.6. The molecule has 1 aromatic rings. The van der Waals surface area contributed by atoms with Crippen molar-refractivity contribution >= 4 is 0 Å². The summed E-state index contributed by atoms with van der Waals surface area (Å²) in [5.41, 5.74) is 1.49. The number of rotatable bonds is 4. The van der Waals surface area contributed by atoms with Crippen LogP contribution in [-0.2, 0) is 0 Å². The normalized spacial score (nSPS) is 26.7. The smallest absolute Gasteiger partial charge is 0.0582 e. The molecule has 0 bridgehead atoms. The van der Waals surface area contributed by atoms with Gasteiger partial charge in [0.15, 0.2) is 0 Å². The molecule has 2 nitrogen and oxygen atoms in total. The van der Waals surface area contributed by atoms with Crippen molar-refractivity contribution in [3.05, 3.63) is 35.9 Å². The average Bonchev–Trinajstić information content (AvgIpc) is 2.40. The van der Waals surface area contributed by atoms with Crippen molar-refractivity contribution in [1.29, 1.82) is 0 Å². The molecule has 0 radical (unpaired) electrons.